The fourth-order valence-electron chi connectivity index (χ4n) is 3.13. The molecule has 0 radical (unpaired) electrons. The predicted octanol–water partition coefficient (Wildman–Crippen LogP) is 1.10. The number of aliphatic hydroxyl groups is 2. The van der Waals surface area contributed by atoms with E-state index in [0.717, 1.165) is 31.2 Å². The molecule has 5 N–H and O–H groups in total. The first-order valence-electron chi connectivity index (χ1n) is 8.03. The Bertz CT molecular complexity index is 460. The molecule has 3 atom stereocenters. The Balaban J connectivity index is 1.94. The van der Waals surface area contributed by atoms with Gasteiger partial charge in [-0.2, -0.15) is 0 Å². The number of amides is 1. The van der Waals surface area contributed by atoms with Crippen LogP contribution in [0.1, 0.15) is 43.7 Å². The number of rotatable bonds is 6. The Morgan fingerprint density at radius 3 is 2.45 bits per heavy atom. The van der Waals surface area contributed by atoms with Crippen molar-refractivity contribution in [3.05, 3.63) is 35.9 Å². The minimum Gasteiger partial charge on any atom is -0.394 e. The molecule has 1 aromatic rings. The van der Waals surface area contributed by atoms with Gasteiger partial charge in [-0.3, -0.25) is 4.79 Å². The number of hydrogen-bond donors (Lipinski definition) is 4. The zero-order chi connectivity index (χ0) is 15.9. The van der Waals surface area contributed by atoms with E-state index >= 15 is 0 Å². The lowest BCUT2D eigenvalue weighted by Crippen LogP contribution is -2.51. The van der Waals surface area contributed by atoms with E-state index in [9.17, 15) is 15.0 Å². The van der Waals surface area contributed by atoms with Crippen LogP contribution in [0.3, 0.4) is 0 Å². The SMILES string of the molecule is N[C@H](C1CCCCC1)[C@H](O)C(=O)N[C@@H](CO)c1ccccc1. The van der Waals surface area contributed by atoms with E-state index in [-0.39, 0.29) is 12.5 Å². The molecule has 1 aliphatic rings. The van der Waals surface area contributed by atoms with Crippen molar-refractivity contribution >= 4 is 5.91 Å². The highest BCUT2D eigenvalue weighted by molar-refractivity contribution is 5.81. The lowest BCUT2D eigenvalue weighted by Gasteiger charge is -2.30. The molecule has 0 aromatic heterocycles. The Labute approximate surface area is 131 Å². The number of benzene rings is 1. The lowest BCUT2D eigenvalue weighted by atomic mass is 9.82. The van der Waals surface area contributed by atoms with Crippen LogP contribution < -0.4 is 11.1 Å². The van der Waals surface area contributed by atoms with Gasteiger partial charge in [0, 0.05) is 6.04 Å². The highest BCUT2D eigenvalue weighted by Crippen LogP contribution is 2.27. The van der Waals surface area contributed by atoms with Crippen LogP contribution in [0, 0.1) is 5.92 Å². The molecule has 1 aliphatic carbocycles. The van der Waals surface area contributed by atoms with E-state index < -0.39 is 24.1 Å². The predicted molar refractivity (Wildman–Crippen MR) is 85.0 cm³/mol. The van der Waals surface area contributed by atoms with Crippen molar-refractivity contribution < 1.29 is 15.0 Å². The van der Waals surface area contributed by atoms with Crippen molar-refractivity contribution in [3.63, 3.8) is 0 Å². The summed E-state index contributed by atoms with van der Waals surface area (Å²) in [4.78, 5) is 12.2. The fraction of sp³-hybridized carbons (Fsp3) is 0.588. The number of nitrogens with one attached hydrogen (secondary N) is 1. The second kappa shape index (κ2) is 8.27. The smallest absolute Gasteiger partial charge is 0.251 e. The van der Waals surface area contributed by atoms with Crippen LogP contribution in [-0.4, -0.2) is 34.9 Å². The van der Waals surface area contributed by atoms with Crippen LogP contribution in [-0.2, 0) is 4.79 Å². The Morgan fingerprint density at radius 2 is 1.86 bits per heavy atom. The topological polar surface area (TPSA) is 95.6 Å². The van der Waals surface area contributed by atoms with Gasteiger partial charge in [0.1, 0.15) is 6.10 Å². The minimum atomic E-state index is -1.24. The van der Waals surface area contributed by atoms with Crippen LogP contribution in [0.25, 0.3) is 0 Å². The summed E-state index contributed by atoms with van der Waals surface area (Å²) < 4.78 is 0. The summed E-state index contributed by atoms with van der Waals surface area (Å²) in [6.07, 6.45) is 4.11. The summed E-state index contributed by atoms with van der Waals surface area (Å²) in [7, 11) is 0. The third-order valence-electron chi connectivity index (χ3n) is 4.53. The maximum atomic E-state index is 12.2. The number of carbonyl (C=O) groups excluding carboxylic acids is 1. The first-order valence-corrected chi connectivity index (χ1v) is 8.03. The standard InChI is InChI=1S/C17H26N2O3/c18-15(13-9-5-2-6-10-13)16(21)17(22)19-14(11-20)12-7-3-1-4-8-12/h1,3-4,7-8,13-16,20-21H,2,5-6,9-11,18H2,(H,19,22)/t14-,15+,16-/m0/s1. The second-order valence-electron chi connectivity index (χ2n) is 6.07. The Morgan fingerprint density at radius 1 is 1.23 bits per heavy atom. The van der Waals surface area contributed by atoms with Gasteiger partial charge in [0.2, 0.25) is 0 Å². The molecule has 1 fully saturated rings. The molecule has 5 heteroatoms. The quantitative estimate of drug-likeness (QED) is 0.633. The van der Waals surface area contributed by atoms with Gasteiger partial charge in [-0.1, -0.05) is 49.6 Å². The van der Waals surface area contributed by atoms with E-state index in [0.29, 0.717) is 0 Å². The molecule has 0 saturated heterocycles. The van der Waals surface area contributed by atoms with Gasteiger partial charge < -0.3 is 21.3 Å². The van der Waals surface area contributed by atoms with Gasteiger partial charge >= 0.3 is 0 Å². The monoisotopic (exact) mass is 306 g/mol. The van der Waals surface area contributed by atoms with Gasteiger partial charge in [-0.15, -0.1) is 0 Å². The van der Waals surface area contributed by atoms with Crippen molar-refractivity contribution in [1.82, 2.24) is 5.32 Å². The molecule has 1 saturated carbocycles. The maximum Gasteiger partial charge on any atom is 0.251 e. The van der Waals surface area contributed by atoms with Crippen LogP contribution >= 0.6 is 0 Å². The second-order valence-corrected chi connectivity index (χ2v) is 6.07. The lowest BCUT2D eigenvalue weighted by molar-refractivity contribution is -0.132. The Hall–Kier alpha value is -1.43. The highest BCUT2D eigenvalue weighted by Gasteiger charge is 2.31. The number of carbonyl (C=O) groups is 1. The van der Waals surface area contributed by atoms with E-state index in [1.54, 1.807) is 0 Å². The fourth-order valence-corrected chi connectivity index (χ4v) is 3.13. The van der Waals surface area contributed by atoms with E-state index in [4.69, 9.17) is 5.73 Å². The summed E-state index contributed by atoms with van der Waals surface area (Å²) in [5.74, 6) is -0.320. The van der Waals surface area contributed by atoms with Gasteiger partial charge in [0.15, 0.2) is 0 Å². The maximum absolute atomic E-state index is 12.2. The molecule has 0 aliphatic heterocycles. The van der Waals surface area contributed by atoms with E-state index in [1.807, 2.05) is 30.3 Å². The number of nitrogens with two attached hydrogens (primary N) is 1. The molecule has 1 amide bonds. The molecular formula is C17H26N2O3. The number of hydrogen-bond acceptors (Lipinski definition) is 4. The molecule has 0 heterocycles. The van der Waals surface area contributed by atoms with Crippen molar-refractivity contribution in [2.75, 3.05) is 6.61 Å². The zero-order valence-electron chi connectivity index (χ0n) is 12.8. The van der Waals surface area contributed by atoms with Gasteiger partial charge in [0.05, 0.1) is 12.6 Å². The third-order valence-corrected chi connectivity index (χ3v) is 4.53. The summed E-state index contributed by atoms with van der Waals surface area (Å²) >= 11 is 0. The largest absolute Gasteiger partial charge is 0.394 e. The van der Waals surface area contributed by atoms with Gasteiger partial charge in [0.25, 0.3) is 5.91 Å². The van der Waals surface area contributed by atoms with Crippen molar-refractivity contribution in [2.45, 2.75) is 50.3 Å². The van der Waals surface area contributed by atoms with Crippen molar-refractivity contribution in [3.8, 4) is 0 Å². The summed E-state index contributed by atoms with van der Waals surface area (Å²) in [5.41, 5.74) is 6.88. The molecule has 5 nitrogen and oxygen atoms in total. The van der Waals surface area contributed by atoms with Crippen LogP contribution in [0.15, 0.2) is 30.3 Å². The van der Waals surface area contributed by atoms with E-state index in [2.05, 4.69) is 5.32 Å². The summed E-state index contributed by atoms with van der Waals surface area (Å²) in [6, 6.07) is 8.14. The molecule has 0 unspecified atom stereocenters. The zero-order valence-corrected chi connectivity index (χ0v) is 12.8. The first kappa shape index (κ1) is 16.9. The van der Waals surface area contributed by atoms with Crippen molar-refractivity contribution in [1.29, 1.82) is 0 Å². The number of aliphatic hydroxyl groups excluding tert-OH is 2. The molecule has 2 rings (SSSR count). The molecular weight excluding hydrogens is 280 g/mol. The average molecular weight is 306 g/mol. The molecule has 22 heavy (non-hydrogen) atoms. The molecule has 0 bridgehead atoms. The van der Waals surface area contributed by atoms with Gasteiger partial charge in [-0.25, -0.2) is 0 Å². The van der Waals surface area contributed by atoms with Crippen molar-refractivity contribution in [2.24, 2.45) is 11.7 Å². The van der Waals surface area contributed by atoms with Crippen LogP contribution in [0.4, 0.5) is 0 Å². The first-order chi connectivity index (χ1) is 10.6. The Kier molecular flexibility index (Phi) is 6.36. The molecule has 1 aromatic carbocycles. The van der Waals surface area contributed by atoms with Crippen LogP contribution in [0.2, 0.25) is 0 Å². The van der Waals surface area contributed by atoms with E-state index in [1.165, 1.54) is 6.42 Å². The van der Waals surface area contributed by atoms with Crippen LogP contribution in [0.5, 0.6) is 0 Å². The highest BCUT2D eigenvalue weighted by atomic mass is 16.3. The molecule has 122 valence electrons. The van der Waals surface area contributed by atoms with Gasteiger partial charge in [-0.05, 0) is 24.3 Å². The summed E-state index contributed by atoms with van der Waals surface area (Å²) in [5, 5.41) is 22.4. The minimum absolute atomic E-state index is 0.193. The summed E-state index contributed by atoms with van der Waals surface area (Å²) in [6.45, 7) is -0.221. The third kappa shape index (κ3) is 4.29. The molecule has 0 spiro atoms. The normalized spacial score (nSPS) is 20.1. The average Bonchev–Trinajstić information content (AvgIpc) is 2.59.